The van der Waals surface area contributed by atoms with Crippen molar-refractivity contribution in [1.29, 1.82) is 10.7 Å². The van der Waals surface area contributed by atoms with Crippen molar-refractivity contribution in [1.82, 2.24) is 4.98 Å². The Bertz CT molecular complexity index is 1560. The van der Waals surface area contributed by atoms with E-state index in [1.165, 1.54) is 12.3 Å². The molecule has 7 nitrogen and oxygen atoms in total. The van der Waals surface area contributed by atoms with E-state index in [0.29, 0.717) is 43.9 Å². The van der Waals surface area contributed by atoms with Crippen LogP contribution in [0.25, 0.3) is 0 Å². The second kappa shape index (κ2) is 10.5. The quantitative estimate of drug-likeness (QED) is 0.179. The van der Waals surface area contributed by atoms with Crippen molar-refractivity contribution in [2.45, 2.75) is 30.6 Å². The molecule has 0 radical (unpaired) electrons. The van der Waals surface area contributed by atoms with Gasteiger partial charge in [0.05, 0.1) is 38.4 Å². The molecule has 0 bridgehead atoms. The summed E-state index contributed by atoms with van der Waals surface area (Å²) in [5, 5.41) is 39.9. The van der Waals surface area contributed by atoms with Crippen molar-refractivity contribution in [2.75, 3.05) is 6.61 Å². The summed E-state index contributed by atoms with van der Waals surface area (Å²) in [6.45, 7) is -0.113. The smallest absolute Gasteiger partial charge is 0.337 e. The molecule has 0 saturated heterocycles. The van der Waals surface area contributed by atoms with E-state index in [-0.39, 0.29) is 41.1 Å². The summed E-state index contributed by atoms with van der Waals surface area (Å²) in [6, 6.07) is 13.8. The number of aliphatic hydroxyl groups excluding tert-OH is 1. The van der Waals surface area contributed by atoms with Gasteiger partial charge in [0.2, 0.25) is 0 Å². The highest BCUT2D eigenvalue weighted by Gasteiger charge is 2.58. The van der Waals surface area contributed by atoms with Crippen LogP contribution in [0.4, 0.5) is 0 Å². The summed E-state index contributed by atoms with van der Waals surface area (Å²) in [7, 11) is 0. The molecule has 2 fully saturated rings. The Hall–Kier alpha value is -3.57. The van der Waals surface area contributed by atoms with E-state index in [2.05, 4.69) is 11.1 Å². The van der Waals surface area contributed by atoms with Gasteiger partial charge in [-0.2, -0.15) is 5.26 Å². The number of nitrogens with one attached hydrogen (secondary N) is 1. The Morgan fingerprint density at radius 2 is 1.82 bits per heavy atom. The first-order valence-electron chi connectivity index (χ1n) is 12.1. The SMILES string of the molecule is N#CC1(c2ccc(OC/C(C(=N)c3c(Cl)cccc3Cl)=C(/O)C3CC3)cc2Cl)CC1c1cncc(C(=O)O)c1. The molecule has 2 atom stereocenters. The Morgan fingerprint density at radius 3 is 2.44 bits per heavy atom. The molecule has 2 aromatic carbocycles. The molecule has 3 N–H and O–H groups in total. The van der Waals surface area contributed by atoms with Gasteiger partial charge < -0.3 is 14.9 Å². The number of aromatic nitrogens is 1. The molecule has 1 heterocycles. The number of nitrogens with zero attached hydrogens (tertiary/aromatic N) is 2. The highest BCUT2D eigenvalue weighted by Crippen LogP contribution is 2.61. The number of pyridine rings is 1. The topological polar surface area (TPSA) is 127 Å². The van der Waals surface area contributed by atoms with Gasteiger partial charge in [-0.25, -0.2) is 4.79 Å². The molecule has 2 unspecified atom stereocenters. The van der Waals surface area contributed by atoms with Gasteiger partial charge in [-0.15, -0.1) is 0 Å². The summed E-state index contributed by atoms with van der Waals surface area (Å²) in [4.78, 5) is 15.4. The van der Waals surface area contributed by atoms with Crippen LogP contribution < -0.4 is 4.74 Å². The number of aromatic carboxylic acids is 1. The summed E-state index contributed by atoms with van der Waals surface area (Å²) < 4.78 is 5.96. The van der Waals surface area contributed by atoms with E-state index >= 15 is 0 Å². The van der Waals surface area contributed by atoms with E-state index < -0.39 is 11.4 Å². The summed E-state index contributed by atoms with van der Waals surface area (Å²) in [5.41, 5.74) is 1.01. The van der Waals surface area contributed by atoms with Gasteiger partial charge in [0, 0.05) is 34.8 Å². The molecule has 3 aromatic rings. The molecule has 2 aliphatic carbocycles. The Kier molecular flexibility index (Phi) is 7.30. The number of carboxylic acid groups (broad SMARTS) is 1. The number of rotatable bonds is 9. The zero-order valence-electron chi connectivity index (χ0n) is 20.4. The molecule has 0 aliphatic heterocycles. The second-order valence-corrected chi connectivity index (χ2v) is 10.9. The molecular formula is C29H22Cl3N3O4. The largest absolute Gasteiger partial charge is 0.512 e. The number of halogens is 3. The van der Waals surface area contributed by atoms with E-state index in [1.807, 2.05) is 0 Å². The highest BCUT2D eigenvalue weighted by molar-refractivity contribution is 6.41. The lowest BCUT2D eigenvalue weighted by Crippen LogP contribution is -2.16. The first-order valence-corrected chi connectivity index (χ1v) is 13.3. The van der Waals surface area contributed by atoms with Crippen LogP contribution in [-0.2, 0) is 5.41 Å². The van der Waals surface area contributed by atoms with Gasteiger partial charge in [0.25, 0.3) is 0 Å². The third-order valence-corrected chi connectivity index (χ3v) is 8.10. The van der Waals surface area contributed by atoms with E-state index in [1.54, 1.807) is 42.6 Å². The van der Waals surface area contributed by atoms with Crippen molar-refractivity contribution in [3.8, 4) is 11.8 Å². The maximum Gasteiger partial charge on any atom is 0.337 e. The van der Waals surface area contributed by atoms with Crippen molar-refractivity contribution in [3.63, 3.8) is 0 Å². The van der Waals surface area contributed by atoms with Crippen LogP contribution in [0.15, 0.2) is 66.2 Å². The lowest BCUT2D eigenvalue weighted by molar-refractivity contribution is 0.0696. The van der Waals surface area contributed by atoms with Crippen LogP contribution in [0.1, 0.15) is 52.2 Å². The van der Waals surface area contributed by atoms with Crippen LogP contribution in [0, 0.1) is 22.7 Å². The zero-order valence-corrected chi connectivity index (χ0v) is 22.7. The van der Waals surface area contributed by atoms with E-state index in [4.69, 9.17) is 44.9 Å². The van der Waals surface area contributed by atoms with Crippen molar-refractivity contribution in [2.24, 2.45) is 5.92 Å². The second-order valence-electron chi connectivity index (χ2n) is 9.69. The minimum absolute atomic E-state index is 0.0147. The van der Waals surface area contributed by atoms with E-state index in [0.717, 1.165) is 12.8 Å². The molecule has 1 aromatic heterocycles. The predicted molar refractivity (Wildman–Crippen MR) is 148 cm³/mol. The average Bonchev–Trinajstić information content (AvgIpc) is 3.84. The summed E-state index contributed by atoms with van der Waals surface area (Å²) in [6.07, 6.45) is 4.96. The Labute approximate surface area is 239 Å². The lowest BCUT2D eigenvalue weighted by atomic mass is 9.92. The minimum Gasteiger partial charge on any atom is -0.512 e. The molecular weight excluding hydrogens is 561 g/mol. The molecule has 39 heavy (non-hydrogen) atoms. The number of hydrogen-bond acceptors (Lipinski definition) is 6. The maximum absolute atomic E-state index is 11.4. The van der Waals surface area contributed by atoms with Crippen molar-refractivity contribution < 1.29 is 19.7 Å². The number of hydrogen-bond donors (Lipinski definition) is 3. The van der Waals surface area contributed by atoms with Crippen LogP contribution in [0.2, 0.25) is 15.1 Å². The van der Waals surface area contributed by atoms with E-state index in [9.17, 15) is 20.3 Å². The van der Waals surface area contributed by atoms with Crippen molar-refractivity contribution >= 4 is 46.5 Å². The Morgan fingerprint density at radius 1 is 1.10 bits per heavy atom. The average molecular weight is 583 g/mol. The summed E-state index contributed by atoms with van der Waals surface area (Å²) >= 11 is 19.3. The number of aliphatic hydroxyl groups is 1. The highest BCUT2D eigenvalue weighted by atomic mass is 35.5. The van der Waals surface area contributed by atoms with Crippen LogP contribution >= 0.6 is 34.8 Å². The molecule has 198 valence electrons. The van der Waals surface area contributed by atoms with Gasteiger partial charge in [-0.3, -0.25) is 10.4 Å². The fourth-order valence-electron chi connectivity index (χ4n) is 4.78. The van der Waals surface area contributed by atoms with Crippen LogP contribution in [0.5, 0.6) is 5.75 Å². The monoisotopic (exact) mass is 581 g/mol. The third-order valence-electron chi connectivity index (χ3n) is 7.16. The number of benzene rings is 2. The fraction of sp³-hybridized carbons (Fsp3) is 0.241. The molecule has 0 spiro atoms. The molecule has 10 heteroatoms. The van der Waals surface area contributed by atoms with Crippen LogP contribution in [0.3, 0.4) is 0 Å². The number of nitriles is 1. The fourth-order valence-corrected chi connectivity index (χ4v) is 5.71. The molecule has 2 aliphatic rings. The molecule has 0 amide bonds. The normalized spacial score (nSPS) is 20.5. The van der Waals surface area contributed by atoms with Gasteiger partial charge >= 0.3 is 5.97 Å². The van der Waals surface area contributed by atoms with Gasteiger partial charge in [-0.05, 0) is 60.7 Å². The van der Waals surface area contributed by atoms with Crippen molar-refractivity contribution in [3.05, 3.63) is 104 Å². The number of carboxylic acids is 1. The molecule has 5 rings (SSSR count). The van der Waals surface area contributed by atoms with Gasteiger partial charge in [0.1, 0.15) is 18.1 Å². The third kappa shape index (κ3) is 5.20. The first-order chi connectivity index (χ1) is 18.7. The van der Waals surface area contributed by atoms with Gasteiger partial charge in [-0.1, -0.05) is 46.9 Å². The number of allylic oxidation sites excluding steroid dienone is 1. The number of ether oxygens (including phenoxy) is 1. The first kappa shape index (κ1) is 27.0. The Balaban J connectivity index is 1.38. The van der Waals surface area contributed by atoms with Crippen LogP contribution in [-0.4, -0.2) is 33.5 Å². The minimum atomic E-state index is -1.09. The van der Waals surface area contributed by atoms with Gasteiger partial charge in [0.15, 0.2) is 0 Å². The maximum atomic E-state index is 11.4. The molecule has 2 saturated carbocycles. The summed E-state index contributed by atoms with van der Waals surface area (Å²) in [5.74, 6) is -0.891. The predicted octanol–water partition coefficient (Wildman–Crippen LogP) is 7.36. The zero-order chi connectivity index (χ0) is 27.9. The standard InChI is InChI=1S/C29H22Cl3N3O4/c30-22-2-1-3-23(31)25(22)26(34)19(27(36)15-4-5-15)13-39-18-6-7-20(24(32)9-18)29(14-33)10-21(29)16-8-17(28(37)38)12-35-11-16/h1-3,6-9,11-12,15,21,34,36H,4-5,10,13H2,(H,37,38)/b27-19-,34-26?. The number of carbonyl (C=O) groups is 1. The lowest BCUT2D eigenvalue weighted by Gasteiger charge is -2.17.